The highest BCUT2D eigenvalue weighted by Crippen LogP contribution is 2.42. The fourth-order valence-electron chi connectivity index (χ4n) is 2.65. The number of nitrogens with one attached hydrogen (secondary N) is 1. The van der Waals surface area contributed by atoms with Crippen LogP contribution < -0.4 is 15.2 Å². The van der Waals surface area contributed by atoms with Gasteiger partial charge in [0.15, 0.2) is 5.17 Å². The second kappa shape index (κ2) is 5.82. The second-order valence-corrected chi connectivity index (χ2v) is 6.56. The maximum atomic E-state index is 5.75. The summed E-state index contributed by atoms with van der Waals surface area (Å²) in [5.74, 6) is 0.806. The molecule has 0 saturated heterocycles. The Bertz CT molecular complexity index is 617. The average molecular weight is 322 g/mol. The first-order chi connectivity index (χ1) is 10.2. The van der Waals surface area contributed by atoms with E-state index < -0.39 is 0 Å². The number of nitrogens with zero attached hydrogens (tertiary/aromatic N) is 2. The lowest BCUT2D eigenvalue weighted by Crippen LogP contribution is -2.24. The Kier molecular flexibility index (Phi) is 4.05. The van der Waals surface area contributed by atoms with Crippen LogP contribution in [0.25, 0.3) is 0 Å². The SMILES string of the molecule is CNC1=CN2C(=NC(C)C2c2ccc(OC)c(SN)c2)S1. The molecule has 1 aromatic carbocycles. The van der Waals surface area contributed by atoms with E-state index in [2.05, 4.69) is 35.5 Å². The van der Waals surface area contributed by atoms with Gasteiger partial charge in [-0.15, -0.1) is 0 Å². The third kappa shape index (κ3) is 2.49. The smallest absolute Gasteiger partial charge is 0.170 e. The normalized spacial score (nSPS) is 23.7. The van der Waals surface area contributed by atoms with Crippen molar-refractivity contribution < 1.29 is 4.74 Å². The van der Waals surface area contributed by atoms with Crippen LogP contribution in [0.3, 0.4) is 0 Å². The van der Waals surface area contributed by atoms with Crippen molar-refractivity contribution in [1.29, 1.82) is 0 Å². The molecule has 0 spiro atoms. The molecule has 0 radical (unpaired) electrons. The van der Waals surface area contributed by atoms with E-state index in [4.69, 9.17) is 14.9 Å². The van der Waals surface area contributed by atoms with E-state index in [1.807, 2.05) is 13.1 Å². The summed E-state index contributed by atoms with van der Waals surface area (Å²) in [4.78, 5) is 7.92. The van der Waals surface area contributed by atoms with Gasteiger partial charge < -0.3 is 15.0 Å². The van der Waals surface area contributed by atoms with Crippen molar-refractivity contribution in [3.8, 4) is 5.75 Å². The van der Waals surface area contributed by atoms with Gasteiger partial charge in [0.05, 0.1) is 29.1 Å². The van der Waals surface area contributed by atoms with E-state index in [1.165, 1.54) is 17.5 Å². The van der Waals surface area contributed by atoms with Crippen LogP contribution in [0.1, 0.15) is 18.5 Å². The zero-order valence-electron chi connectivity index (χ0n) is 12.2. The van der Waals surface area contributed by atoms with Crippen LogP contribution in [0, 0.1) is 0 Å². The number of rotatable bonds is 4. The van der Waals surface area contributed by atoms with Gasteiger partial charge in [0.2, 0.25) is 0 Å². The van der Waals surface area contributed by atoms with Crippen LogP contribution in [0.15, 0.2) is 39.3 Å². The highest BCUT2D eigenvalue weighted by molar-refractivity contribution is 8.17. The van der Waals surface area contributed by atoms with Gasteiger partial charge in [0.1, 0.15) is 5.75 Å². The number of ether oxygens (including phenoxy) is 1. The van der Waals surface area contributed by atoms with Crippen LogP contribution in [0.2, 0.25) is 0 Å². The van der Waals surface area contributed by atoms with Gasteiger partial charge in [-0.3, -0.25) is 10.1 Å². The number of methoxy groups -OCH3 is 1. The molecular formula is C14H18N4OS2. The van der Waals surface area contributed by atoms with E-state index in [0.717, 1.165) is 20.8 Å². The van der Waals surface area contributed by atoms with Crippen molar-refractivity contribution in [2.45, 2.75) is 23.9 Å². The van der Waals surface area contributed by atoms with Crippen LogP contribution in [0.5, 0.6) is 5.75 Å². The van der Waals surface area contributed by atoms with Crippen LogP contribution >= 0.6 is 23.7 Å². The van der Waals surface area contributed by atoms with E-state index in [0.29, 0.717) is 0 Å². The Labute approximate surface area is 133 Å². The third-order valence-corrected chi connectivity index (χ3v) is 5.25. The lowest BCUT2D eigenvalue weighted by Gasteiger charge is -2.24. The van der Waals surface area contributed by atoms with Gasteiger partial charge in [0, 0.05) is 13.2 Å². The highest BCUT2D eigenvalue weighted by Gasteiger charge is 2.38. The molecule has 0 bridgehead atoms. The van der Waals surface area contributed by atoms with Gasteiger partial charge in [-0.2, -0.15) is 0 Å². The van der Waals surface area contributed by atoms with Gasteiger partial charge in [0.25, 0.3) is 0 Å². The molecule has 2 aliphatic heterocycles. The van der Waals surface area contributed by atoms with Gasteiger partial charge in [-0.05, 0) is 48.3 Å². The molecule has 0 amide bonds. The first kappa shape index (κ1) is 14.6. The maximum Gasteiger partial charge on any atom is 0.170 e. The predicted octanol–water partition coefficient (Wildman–Crippen LogP) is 2.53. The Morgan fingerprint density at radius 2 is 2.29 bits per heavy atom. The topological polar surface area (TPSA) is 62.9 Å². The van der Waals surface area contributed by atoms with Crippen molar-refractivity contribution in [2.75, 3.05) is 14.2 Å². The summed E-state index contributed by atoms with van der Waals surface area (Å²) in [5.41, 5.74) is 1.20. The summed E-state index contributed by atoms with van der Waals surface area (Å²) < 4.78 is 5.33. The van der Waals surface area contributed by atoms with E-state index >= 15 is 0 Å². The van der Waals surface area contributed by atoms with Crippen molar-refractivity contribution in [2.24, 2.45) is 10.1 Å². The largest absolute Gasteiger partial charge is 0.496 e. The summed E-state index contributed by atoms with van der Waals surface area (Å²) in [7, 11) is 3.59. The van der Waals surface area contributed by atoms with Crippen LogP contribution in [-0.2, 0) is 0 Å². The molecule has 3 rings (SSSR count). The lowest BCUT2D eigenvalue weighted by atomic mass is 10.0. The number of nitrogens with two attached hydrogens (primary N) is 1. The van der Waals surface area contributed by atoms with Crippen molar-refractivity contribution in [3.63, 3.8) is 0 Å². The predicted molar refractivity (Wildman–Crippen MR) is 89.2 cm³/mol. The molecule has 0 saturated carbocycles. The molecule has 2 unspecified atom stereocenters. The fraction of sp³-hybridized carbons (Fsp3) is 0.357. The molecule has 0 fully saturated rings. The molecule has 2 heterocycles. The van der Waals surface area contributed by atoms with Gasteiger partial charge in [-0.25, -0.2) is 0 Å². The van der Waals surface area contributed by atoms with Crippen molar-refractivity contribution >= 4 is 28.9 Å². The summed E-state index contributed by atoms with van der Waals surface area (Å²) in [5, 5.41) is 11.1. The molecule has 21 heavy (non-hydrogen) atoms. The van der Waals surface area contributed by atoms with Crippen LogP contribution in [-0.4, -0.2) is 30.3 Å². The van der Waals surface area contributed by atoms with E-state index in [1.54, 1.807) is 18.9 Å². The molecule has 2 atom stereocenters. The molecule has 1 aromatic rings. The van der Waals surface area contributed by atoms with E-state index in [-0.39, 0.29) is 12.1 Å². The Hall–Kier alpha value is -1.31. The number of thioether (sulfide) groups is 1. The molecule has 5 nitrogen and oxygen atoms in total. The summed E-state index contributed by atoms with van der Waals surface area (Å²) in [6, 6.07) is 6.58. The van der Waals surface area contributed by atoms with Crippen LogP contribution in [0.4, 0.5) is 0 Å². The molecule has 3 N–H and O–H groups in total. The van der Waals surface area contributed by atoms with Gasteiger partial charge >= 0.3 is 0 Å². The number of amidine groups is 1. The highest BCUT2D eigenvalue weighted by atomic mass is 32.2. The summed E-state index contributed by atoms with van der Waals surface area (Å²) in [6.45, 7) is 2.14. The lowest BCUT2D eigenvalue weighted by molar-refractivity contribution is 0.395. The van der Waals surface area contributed by atoms with Gasteiger partial charge in [-0.1, -0.05) is 6.07 Å². The first-order valence-corrected chi connectivity index (χ1v) is 8.35. The minimum Gasteiger partial charge on any atom is -0.496 e. The molecule has 0 aromatic heterocycles. The number of hydrogen-bond donors (Lipinski definition) is 2. The number of fused-ring (bicyclic) bond motifs is 1. The first-order valence-electron chi connectivity index (χ1n) is 6.66. The Morgan fingerprint density at radius 3 is 2.95 bits per heavy atom. The number of aliphatic imine (C=N–C) groups is 1. The quantitative estimate of drug-likeness (QED) is 0.831. The molecular weight excluding hydrogens is 304 g/mol. The maximum absolute atomic E-state index is 5.75. The zero-order valence-corrected chi connectivity index (χ0v) is 13.8. The third-order valence-electron chi connectivity index (χ3n) is 3.65. The standard InChI is InChI=1S/C14H18N4OS2/c1-8-13(18-7-12(16-2)20-14(18)17-8)9-4-5-10(19-3)11(6-9)21-15/h4-8,13,16H,15H2,1-3H3. The number of benzene rings is 1. The van der Waals surface area contributed by atoms with E-state index in [9.17, 15) is 0 Å². The monoisotopic (exact) mass is 322 g/mol. The second-order valence-electron chi connectivity index (χ2n) is 4.88. The van der Waals surface area contributed by atoms with Crippen molar-refractivity contribution in [1.82, 2.24) is 10.2 Å². The Balaban J connectivity index is 1.95. The average Bonchev–Trinajstić information content (AvgIpc) is 3.02. The molecule has 2 aliphatic rings. The summed E-state index contributed by atoms with van der Waals surface area (Å²) >= 11 is 2.88. The van der Waals surface area contributed by atoms with Crippen molar-refractivity contribution in [3.05, 3.63) is 35.0 Å². The summed E-state index contributed by atoms with van der Waals surface area (Å²) in [6.07, 6.45) is 2.12. The zero-order chi connectivity index (χ0) is 15.0. The molecule has 112 valence electrons. The minimum atomic E-state index is 0.204. The molecule has 0 aliphatic carbocycles. The number of hydrogen-bond acceptors (Lipinski definition) is 7. The fourth-order valence-corrected chi connectivity index (χ4v) is 4.08. The minimum absolute atomic E-state index is 0.204. The Morgan fingerprint density at radius 1 is 1.48 bits per heavy atom. The molecule has 7 heteroatoms.